The molecule has 4 nitrogen and oxygen atoms in total. The van der Waals surface area contributed by atoms with Gasteiger partial charge in [-0.15, -0.1) is 0 Å². The highest BCUT2D eigenvalue weighted by atomic mass is 16.3. The van der Waals surface area contributed by atoms with E-state index in [4.69, 9.17) is 0 Å². The Morgan fingerprint density at radius 2 is 0.600 bits per heavy atom. The lowest BCUT2D eigenvalue weighted by Gasteiger charge is -2.19. The summed E-state index contributed by atoms with van der Waals surface area (Å²) in [5.74, 6) is -0.0879. The van der Waals surface area contributed by atoms with Crippen LogP contribution in [0.3, 0.4) is 0 Å². The Labute approximate surface area is 465 Å². The molecule has 2 unspecified atom stereocenters. The Balaban J connectivity index is 3.65. The van der Waals surface area contributed by atoms with E-state index >= 15 is 0 Å². The number of rotatable bonds is 55. The minimum Gasteiger partial charge on any atom is -0.394 e. The summed E-state index contributed by atoms with van der Waals surface area (Å²) < 4.78 is 0. The standard InChI is InChI=1S/C71H117NO3/c1-3-5-7-9-11-13-15-17-19-21-23-25-27-28-29-30-31-32-33-34-35-36-37-38-39-40-41-42-43-44-45-47-49-51-53-55-57-59-61-63-65-67-71(75)72-69(68-73)70(74)66-64-62-60-58-56-54-52-50-48-46-26-24-22-20-18-16-14-12-10-8-6-4-2/h5,7,11,13,17,19,23,25,28-29,31-32,34-35,37-38,40-41,43-44,48,50,56,58,64,66,69-70,73-74H,3-4,6,8-10,12,14-16,18,20-22,24,26-27,30,33,36,39,42,45-47,49,51-55,57,59-63,65,67-68H2,1-2H3,(H,72,75)/b7-5-,13-11-,19-17-,25-23-,29-28-,32-31-,35-34-,38-37-,41-40-,44-43-,50-48+,58-56+,66-64+. The van der Waals surface area contributed by atoms with E-state index in [1.54, 1.807) is 6.08 Å². The van der Waals surface area contributed by atoms with Crippen molar-refractivity contribution in [3.05, 3.63) is 158 Å². The fourth-order valence-electron chi connectivity index (χ4n) is 8.53. The molecule has 0 radical (unpaired) electrons. The Morgan fingerprint density at radius 3 is 0.933 bits per heavy atom. The van der Waals surface area contributed by atoms with Crippen LogP contribution in [0.1, 0.15) is 264 Å². The monoisotopic (exact) mass is 1030 g/mol. The molecule has 0 bridgehead atoms. The van der Waals surface area contributed by atoms with Gasteiger partial charge in [0.25, 0.3) is 0 Å². The van der Waals surface area contributed by atoms with Crippen LogP contribution in [0.25, 0.3) is 0 Å². The number of nitrogens with one attached hydrogen (secondary N) is 1. The predicted octanol–water partition coefficient (Wildman–Crippen LogP) is 21.3. The molecular formula is C71H117NO3. The molecule has 1 amide bonds. The second-order valence-corrected chi connectivity index (χ2v) is 20.4. The van der Waals surface area contributed by atoms with Crippen LogP contribution in [-0.4, -0.2) is 34.9 Å². The van der Waals surface area contributed by atoms with E-state index in [0.29, 0.717) is 6.42 Å². The number of carbonyl (C=O) groups excluding carboxylic acids is 1. The molecule has 0 spiro atoms. The average Bonchev–Trinajstić information content (AvgIpc) is 3.41. The smallest absolute Gasteiger partial charge is 0.220 e. The molecule has 4 heteroatoms. The molecule has 0 rings (SSSR count). The van der Waals surface area contributed by atoms with Gasteiger partial charge in [-0.1, -0.05) is 294 Å². The number of allylic oxidation sites excluding steroid dienone is 25. The van der Waals surface area contributed by atoms with Gasteiger partial charge in [-0.25, -0.2) is 0 Å². The molecule has 0 aromatic rings. The van der Waals surface area contributed by atoms with Crippen LogP contribution < -0.4 is 5.32 Å². The normalized spacial score (nSPS) is 13.9. The number of hydrogen-bond acceptors (Lipinski definition) is 3. The van der Waals surface area contributed by atoms with Crippen LogP contribution in [0, 0.1) is 0 Å². The highest BCUT2D eigenvalue weighted by Crippen LogP contribution is 2.15. The first kappa shape index (κ1) is 71.0. The van der Waals surface area contributed by atoms with Crippen molar-refractivity contribution in [2.75, 3.05) is 6.61 Å². The zero-order chi connectivity index (χ0) is 54.1. The Kier molecular flexibility index (Phi) is 60.9. The summed E-state index contributed by atoms with van der Waals surface area (Å²) in [6, 6.07) is -0.660. The van der Waals surface area contributed by atoms with E-state index in [1.165, 1.54) is 135 Å². The van der Waals surface area contributed by atoms with Gasteiger partial charge < -0.3 is 15.5 Å². The number of unbranched alkanes of at least 4 members (excludes halogenated alkanes) is 24. The maximum absolute atomic E-state index is 12.5. The van der Waals surface area contributed by atoms with Gasteiger partial charge in [0.15, 0.2) is 0 Å². The van der Waals surface area contributed by atoms with Crippen molar-refractivity contribution in [3.8, 4) is 0 Å². The molecule has 75 heavy (non-hydrogen) atoms. The highest BCUT2D eigenvalue weighted by Gasteiger charge is 2.18. The van der Waals surface area contributed by atoms with Gasteiger partial charge in [0.1, 0.15) is 0 Å². The molecule has 424 valence electrons. The number of hydrogen-bond donors (Lipinski definition) is 3. The lowest BCUT2D eigenvalue weighted by molar-refractivity contribution is -0.123. The van der Waals surface area contributed by atoms with E-state index in [2.05, 4.69) is 165 Å². The summed E-state index contributed by atoms with van der Waals surface area (Å²) in [7, 11) is 0. The predicted molar refractivity (Wildman–Crippen MR) is 335 cm³/mol. The zero-order valence-electron chi connectivity index (χ0n) is 48.8. The first-order valence-electron chi connectivity index (χ1n) is 31.2. The lowest BCUT2D eigenvalue weighted by Crippen LogP contribution is -2.45. The first-order chi connectivity index (χ1) is 37.2. The highest BCUT2D eigenvalue weighted by molar-refractivity contribution is 5.76. The van der Waals surface area contributed by atoms with Gasteiger partial charge in [0.05, 0.1) is 18.8 Å². The molecule has 0 fully saturated rings. The maximum Gasteiger partial charge on any atom is 0.220 e. The van der Waals surface area contributed by atoms with Crippen molar-refractivity contribution in [1.82, 2.24) is 5.32 Å². The van der Waals surface area contributed by atoms with Crippen molar-refractivity contribution in [2.24, 2.45) is 0 Å². The Morgan fingerprint density at radius 1 is 0.333 bits per heavy atom. The summed E-state index contributed by atoms with van der Waals surface area (Å²) in [4.78, 5) is 12.5. The number of aliphatic hydroxyl groups is 2. The molecule has 0 aromatic carbocycles. The second kappa shape index (κ2) is 64.3. The van der Waals surface area contributed by atoms with E-state index in [1.807, 2.05) is 6.08 Å². The van der Waals surface area contributed by atoms with Gasteiger partial charge in [-0.2, -0.15) is 0 Å². The van der Waals surface area contributed by atoms with Crippen LogP contribution in [0.4, 0.5) is 0 Å². The van der Waals surface area contributed by atoms with E-state index in [0.717, 1.165) is 109 Å². The summed E-state index contributed by atoms with van der Waals surface area (Å²) >= 11 is 0. The molecule has 0 aromatic heterocycles. The third kappa shape index (κ3) is 60.7. The van der Waals surface area contributed by atoms with Gasteiger partial charge >= 0.3 is 0 Å². The molecule has 0 aliphatic carbocycles. The third-order valence-electron chi connectivity index (χ3n) is 13.2. The van der Waals surface area contributed by atoms with E-state index in [9.17, 15) is 15.0 Å². The second-order valence-electron chi connectivity index (χ2n) is 20.4. The minimum absolute atomic E-state index is 0.0879. The molecule has 0 aliphatic heterocycles. The largest absolute Gasteiger partial charge is 0.394 e. The van der Waals surface area contributed by atoms with Crippen molar-refractivity contribution in [1.29, 1.82) is 0 Å². The first-order valence-corrected chi connectivity index (χ1v) is 31.2. The van der Waals surface area contributed by atoms with E-state index in [-0.39, 0.29) is 12.5 Å². The van der Waals surface area contributed by atoms with Gasteiger partial charge in [-0.3, -0.25) is 4.79 Å². The lowest BCUT2D eigenvalue weighted by atomic mass is 10.0. The molecule has 0 aliphatic rings. The molecule has 2 atom stereocenters. The van der Waals surface area contributed by atoms with Crippen LogP contribution >= 0.6 is 0 Å². The zero-order valence-corrected chi connectivity index (χ0v) is 48.8. The third-order valence-corrected chi connectivity index (χ3v) is 13.2. The van der Waals surface area contributed by atoms with Crippen LogP contribution in [0.5, 0.6) is 0 Å². The van der Waals surface area contributed by atoms with Crippen LogP contribution in [0.15, 0.2) is 158 Å². The summed E-state index contributed by atoms with van der Waals surface area (Å²) in [5.41, 5.74) is 0. The number of amides is 1. The molecule has 0 saturated carbocycles. The Bertz CT molecular complexity index is 1590. The fraction of sp³-hybridized carbons (Fsp3) is 0.620. The summed E-state index contributed by atoms with van der Waals surface area (Å²) in [5, 5.41) is 23.2. The van der Waals surface area contributed by atoms with Gasteiger partial charge in [-0.05, 0) is 122 Å². The summed E-state index contributed by atoms with van der Waals surface area (Å²) in [6.07, 6.45) is 103. The SMILES string of the molecule is CC/C=C\C/C=C\C/C=C\C/C=C\C/C=C\C/C=C\C/C=C\C/C=C\C/C=C\C/C=C\CCCCCCCCCCCCC(=O)NC(CO)C(O)/C=C/CC/C=C/CC/C=C/CCCCCCCCCCCCCC. The quantitative estimate of drug-likeness (QED) is 0.0420. The van der Waals surface area contributed by atoms with Crippen molar-refractivity contribution >= 4 is 5.91 Å². The van der Waals surface area contributed by atoms with Gasteiger partial charge in [0.2, 0.25) is 5.91 Å². The molecular weight excluding hydrogens is 915 g/mol. The van der Waals surface area contributed by atoms with Crippen LogP contribution in [0.2, 0.25) is 0 Å². The van der Waals surface area contributed by atoms with E-state index < -0.39 is 12.1 Å². The average molecular weight is 1030 g/mol. The Hall–Kier alpha value is -3.99. The number of aliphatic hydroxyl groups excluding tert-OH is 2. The number of carbonyl (C=O) groups is 1. The van der Waals surface area contributed by atoms with Crippen molar-refractivity contribution in [3.63, 3.8) is 0 Å². The van der Waals surface area contributed by atoms with Crippen molar-refractivity contribution in [2.45, 2.75) is 276 Å². The molecule has 0 heterocycles. The maximum atomic E-state index is 12.5. The molecule has 3 N–H and O–H groups in total. The summed E-state index contributed by atoms with van der Waals surface area (Å²) in [6.45, 7) is 4.18. The minimum atomic E-state index is -0.883. The topological polar surface area (TPSA) is 69.6 Å². The fourth-order valence-corrected chi connectivity index (χ4v) is 8.53. The van der Waals surface area contributed by atoms with Crippen LogP contribution in [-0.2, 0) is 4.79 Å². The molecule has 0 saturated heterocycles. The van der Waals surface area contributed by atoms with Crippen molar-refractivity contribution < 1.29 is 15.0 Å². The van der Waals surface area contributed by atoms with Gasteiger partial charge in [0, 0.05) is 6.42 Å².